The molecule has 0 N–H and O–H groups in total. The topological polar surface area (TPSA) is 12.4 Å². The summed E-state index contributed by atoms with van der Waals surface area (Å²) in [7, 11) is 0. The molecule has 0 amide bonds. The van der Waals surface area contributed by atoms with E-state index in [1.54, 1.807) is 6.07 Å². The number of hydrogen-bond donors (Lipinski definition) is 0. The summed E-state index contributed by atoms with van der Waals surface area (Å²) >= 11 is 0. The summed E-state index contributed by atoms with van der Waals surface area (Å²) in [5.41, 5.74) is -0.469. The van der Waals surface area contributed by atoms with Crippen molar-refractivity contribution in [3.8, 4) is 0 Å². The molecule has 0 saturated heterocycles. The number of hydrogen-bond acceptors (Lipinski definition) is 1. The van der Waals surface area contributed by atoms with E-state index < -0.39 is 11.7 Å². The van der Waals surface area contributed by atoms with Crippen molar-refractivity contribution in [1.82, 2.24) is 0 Å². The molecule has 1 nitrogen and oxygen atoms in total. The van der Waals surface area contributed by atoms with E-state index in [4.69, 9.17) is 0 Å². The molecule has 0 fully saturated rings. The minimum Gasteiger partial charge on any atom is -0.287 e. The Morgan fingerprint density at radius 2 is 1.75 bits per heavy atom. The molecule has 88 valence electrons. The standard InChI is InChI=1S/C12H14F3N/c1-11(2,3)16-8-9-5-4-6-10(7-9)12(13,14)15/h4-8H,1-3H3. The van der Waals surface area contributed by atoms with Gasteiger partial charge >= 0.3 is 6.18 Å². The van der Waals surface area contributed by atoms with Crippen molar-refractivity contribution >= 4 is 6.21 Å². The van der Waals surface area contributed by atoms with Crippen LogP contribution in [0.15, 0.2) is 29.3 Å². The Bertz CT molecular complexity index is 386. The Labute approximate surface area is 93.0 Å². The number of nitrogens with zero attached hydrogens (tertiary/aromatic N) is 1. The van der Waals surface area contributed by atoms with Gasteiger partial charge in [-0.2, -0.15) is 13.2 Å². The lowest BCUT2D eigenvalue weighted by atomic mass is 10.1. The molecule has 1 aromatic carbocycles. The van der Waals surface area contributed by atoms with Crippen LogP contribution in [0.25, 0.3) is 0 Å². The van der Waals surface area contributed by atoms with E-state index in [0.29, 0.717) is 5.56 Å². The van der Waals surface area contributed by atoms with Crippen molar-refractivity contribution in [2.75, 3.05) is 0 Å². The van der Waals surface area contributed by atoms with Gasteiger partial charge in [-0.15, -0.1) is 0 Å². The summed E-state index contributed by atoms with van der Waals surface area (Å²) in [6, 6.07) is 5.13. The zero-order valence-corrected chi connectivity index (χ0v) is 9.47. The normalized spacial score (nSPS) is 13.4. The molecule has 0 saturated carbocycles. The highest BCUT2D eigenvalue weighted by molar-refractivity contribution is 5.80. The van der Waals surface area contributed by atoms with Crippen LogP contribution in [0.4, 0.5) is 13.2 Å². The van der Waals surface area contributed by atoms with E-state index >= 15 is 0 Å². The predicted molar refractivity (Wildman–Crippen MR) is 58.8 cm³/mol. The fourth-order valence-electron chi connectivity index (χ4n) is 1.06. The Morgan fingerprint density at radius 1 is 1.12 bits per heavy atom. The molecule has 0 radical (unpaired) electrons. The summed E-state index contributed by atoms with van der Waals surface area (Å²) in [4.78, 5) is 4.16. The summed E-state index contributed by atoms with van der Waals surface area (Å²) in [5, 5.41) is 0. The Hall–Kier alpha value is -1.32. The highest BCUT2D eigenvalue weighted by Gasteiger charge is 2.30. The van der Waals surface area contributed by atoms with Crippen LogP contribution in [0.5, 0.6) is 0 Å². The van der Waals surface area contributed by atoms with E-state index in [2.05, 4.69) is 4.99 Å². The summed E-state index contributed by atoms with van der Waals surface area (Å²) in [6.45, 7) is 5.66. The van der Waals surface area contributed by atoms with E-state index in [-0.39, 0.29) is 5.54 Å². The van der Waals surface area contributed by atoms with Crippen LogP contribution in [0.3, 0.4) is 0 Å². The summed E-state index contributed by atoms with van der Waals surface area (Å²) in [6.07, 6.45) is -2.83. The van der Waals surface area contributed by atoms with E-state index in [1.165, 1.54) is 12.3 Å². The quantitative estimate of drug-likeness (QED) is 0.647. The molecular formula is C12H14F3N. The second-order valence-electron chi connectivity index (χ2n) is 4.55. The van der Waals surface area contributed by atoms with Crippen molar-refractivity contribution < 1.29 is 13.2 Å². The van der Waals surface area contributed by atoms with Gasteiger partial charge in [0.25, 0.3) is 0 Å². The maximum atomic E-state index is 12.4. The van der Waals surface area contributed by atoms with Crippen molar-refractivity contribution in [3.63, 3.8) is 0 Å². The van der Waals surface area contributed by atoms with Crippen LogP contribution >= 0.6 is 0 Å². The first-order valence-corrected chi connectivity index (χ1v) is 4.91. The van der Waals surface area contributed by atoms with Crippen LogP contribution in [0.2, 0.25) is 0 Å². The van der Waals surface area contributed by atoms with Gasteiger partial charge in [0.05, 0.1) is 11.1 Å². The maximum Gasteiger partial charge on any atom is 0.416 e. The zero-order valence-electron chi connectivity index (χ0n) is 9.47. The van der Waals surface area contributed by atoms with E-state index in [0.717, 1.165) is 12.1 Å². The monoisotopic (exact) mass is 229 g/mol. The molecule has 0 aromatic heterocycles. The average Bonchev–Trinajstić information content (AvgIpc) is 2.13. The zero-order chi connectivity index (χ0) is 12.4. The van der Waals surface area contributed by atoms with Crippen LogP contribution in [-0.4, -0.2) is 11.8 Å². The van der Waals surface area contributed by atoms with Crippen LogP contribution in [0.1, 0.15) is 31.9 Å². The molecule has 0 atom stereocenters. The van der Waals surface area contributed by atoms with Crippen LogP contribution < -0.4 is 0 Å². The molecule has 0 unspecified atom stereocenters. The molecular weight excluding hydrogens is 215 g/mol. The van der Waals surface area contributed by atoms with Gasteiger partial charge in [-0.25, -0.2) is 0 Å². The van der Waals surface area contributed by atoms with Gasteiger partial charge in [-0.05, 0) is 38.5 Å². The first-order valence-electron chi connectivity index (χ1n) is 4.91. The molecule has 1 aromatic rings. The SMILES string of the molecule is CC(C)(C)N=Cc1cccc(C(F)(F)F)c1. The van der Waals surface area contributed by atoms with Gasteiger partial charge in [0, 0.05) is 6.21 Å². The molecule has 1 rings (SSSR count). The third kappa shape index (κ3) is 4.04. The van der Waals surface area contributed by atoms with E-state index in [9.17, 15) is 13.2 Å². The second kappa shape index (κ2) is 4.28. The fourth-order valence-corrected chi connectivity index (χ4v) is 1.06. The van der Waals surface area contributed by atoms with Gasteiger partial charge < -0.3 is 0 Å². The van der Waals surface area contributed by atoms with Crippen LogP contribution in [-0.2, 0) is 6.18 Å². The maximum absolute atomic E-state index is 12.4. The number of rotatable bonds is 1. The lowest BCUT2D eigenvalue weighted by Gasteiger charge is -2.11. The fraction of sp³-hybridized carbons (Fsp3) is 0.417. The highest BCUT2D eigenvalue weighted by atomic mass is 19.4. The number of alkyl halides is 3. The van der Waals surface area contributed by atoms with Crippen molar-refractivity contribution in [3.05, 3.63) is 35.4 Å². The van der Waals surface area contributed by atoms with Crippen molar-refractivity contribution in [2.45, 2.75) is 32.5 Å². The molecule has 0 aliphatic carbocycles. The van der Waals surface area contributed by atoms with E-state index in [1.807, 2.05) is 20.8 Å². The Balaban J connectivity index is 2.96. The number of benzene rings is 1. The Kier molecular flexibility index (Phi) is 3.41. The second-order valence-corrected chi connectivity index (χ2v) is 4.55. The summed E-state index contributed by atoms with van der Waals surface area (Å²) in [5.74, 6) is 0. The van der Waals surface area contributed by atoms with Crippen molar-refractivity contribution in [2.24, 2.45) is 4.99 Å². The molecule has 0 heterocycles. The van der Waals surface area contributed by atoms with Gasteiger partial charge in [0.2, 0.25) is 0 Å². The number of halogens is 3. The lowest BCUT2D eigenvalue weighted by Crippen LogP contribution is -2.10. The minimum absolute atomic E-state index is 0.283. The minimum atomic E-state index is -4.30. The Morgan fingerprint density at radius 3 is 2.25 bits per heavy atom. The highest BCUT2D eigenvalue weighted by Crippen LogP contribution is 2.29. The lowest BCUT2D eigenvalue weighted by molar-refractivity contribution is -0.137. The predicted octanol–water partition coefficient (Wildman–Crippen LogP) is 3.92. The average molecular weight is 229 g/mol. The first kappa shape index (κ1) is 12.7. The molecule has 0 aliphatic heterocycles. The van der Waals surface area contributed by atoms with Gasteiger partial charge in [0.1, 0.15) is 0 Å². The molecule has 4 heteroatoms. The smallest absolute Gasteiger partial charge is 0.287 e. The van der Waals surface area contributed by atoms with Crippen LogP contribution in [0, 0.1) is 0 Å². The first-order chi connectivity index (χ1) is 7.18. The van der Waals surface area contributed by atoms with Crippen molar-refractivity contribution in [1.29, 1.82) is 0 Å². The number of aliphatic imine (C=N–C) groups is 1. The molecule has 0 spiro atoms. The molecule has 0 bridgehead atoms. The third-order valence-electron chi connectivity index (χ3n) is 1.81. The molecule has 16 heavy (non-hydrogen) atoms. The van der Waals surface area contributed by atoms with Gasteiger partial charge in [0.15, 0.2) is 0 Å². The third-order valence-corrected chi connectivity index (χ3v) is 1.81. The largest absolute Gasteiger partial charge is 0.416 e. The summed E-state index contributed by atoms with van der Waals surface area (Å²) < 4.78 is 37.2. The molecule has 0 aliphatic rings. The van der Waals surface area contributed by atoms with Gasteiger partial charge in [-0.3, -0.25) is 4.99 Å². The van der Waals surface area contributed by atoms with Gasteiger partial charge in [-0.1, -0.05) is 12.1 Å².